The van der Waals surface area contributed by atoms with E-state index in [0.717, 1.165) is 11.8 Å². The van der Waals surface area contributed by atoms with Crippen molar-refractivity contribution < 1.29 is 18.7 Å². The molecule has 0 aliphatic carbocycles. The maximum atomic E-state index is 12.1. The lowest BCUT2D eigenvalue weighted by molar-refractivity contribution is -0.118. The van der Waals surface area contributed by atoms with E-state index in [1.54, 1.807) is 12.1 Å². The molecule has 0 fully saturated rings. The number of nitrogens with one attached hydrogen (secondary N) is 1. The van der Waals surface area contributed by atoms with E-state index in [4.69, 9.17) is 16.7 Å². The van der Waals surface area contributed by atoms with Crippen LogP contribution in [0.5, 0.6) is 0 Å². The van der Waals surface area contributed by atoms with Gasteiger partial charge in [-0.2, -0.15) is 0 Å². The molecule has 17 heavy (non-hydrogen) atoms. The van der Waals surface area contributed by atoms with Gasteiger partial charge in [0.15, 0.2) is 0 Å². The predicted molar refractivity (Wildman–Crippen MR) is 63.9 cm³/mol. The number of halogens is 3. The maximum absolute atomic E-state index is 12.1. The molecule has 7 heteroatoms. The fourth-order valence-electron chi connectivity index (χ4n) is 1.09. The van der Waals surface area contributed by atoms with Crippen molar-refractivity contribution in [2.45, 2.75) is 11.3 Å². The molecule has 0 aliphatic heterocycles. The minimum Gasteiger partial charge on any atom is -0.387 e. The quantitative estimate of drug-likeness (QED) is 0.816. The van der Waals surface area contributed by atoms with Crippen molar-refractivity contribution in [2.75, 3.05) is 17.7 Å². The molecule has 2 N–H and O–H groups in total. The molecule has 0 atom stereocenters. The SMILES string of the molecule is O=C(CO)Nc1cccc(Cl)c1SCC(F)F. The molecular formula is C10H10ClF2NO2S. The van der Waals surface area contributed by atoms with Crippen LogP contribution in [0.25, 0.3) is 0 Å². The van der Waals surface area contributed by atoms with Gasteiger partial charge in [-0.05, 0) is 12.1 Å². The smallest absolute Gasteiger partial charge is 0.250 e. The minimum absolute atomic E-state index is 0.284. The Morgan fingerprint density at radius 2 is 2.24 bits per heavy atom. The Labute approximate surface area is 106 Å². The summed E-state index contributed by atoms with van der Waals surface area (Å²) < 4.78 is 24.2. The van der Waals surface area contributed by atoms with Crippen LogP contribution in [0.4, 0.5) is 14.5 Å². The Kier molecular flexibility index (Phi) is 5.67. The third kappa shape index (κ3) is 4.49. The number of amides is 1. The van der Waals surface area contributed by atoms with Gasteiger partial charge in [0.2, 0.25) is 12.3 Å². The van der Waals surface area contributed by atoms with Crippen molar-refractivity contribution in [2.24, 2.45) is 0 Å². The van der Waals surface area contributed by atoms with Gasteiger partial charge in [-0.15, -0.1) is 11.8 Å². The summed E-state index contributed by atoms with van der Waals surface area (Å²) >= 11 is 6.72. The highest BCUT2D eigenvalue weighted by atomic mass is 35.5. The lowest BCUT2D eigenvalue weighted by Gasteiger charge is -2.11. The molecule has 1 aromatic rings. The molecule has 0 radical (unpaired) electrons. The fraction of sp³-hybridized carbons (Fsp3) is 0.300. The molecule has 1 amide bonds. The van der Waals surface area contributed by atoms with E-state index in [9.17, 15) is 13.6 Å². The Balaban J connectivity index is 2.87. The first-order valence-corrected chi connectivity index (χ1v) is 6.01. The molecule has 0 heterocycles. The van der Waals surface area contributed by atoms with Gasteiger partial charge < -0.3 is 10.4 Å². The molecule has 0 spiro atoms. The number of anilines is 1. The van der Waals surface area contributed by atoms with Gasteiger partial charge in [-0.1, -0.05) is 17.7 Å². The first kappa shape index (κ1) is 14.2. The van der Waals surface area contributed by atoms with E-state index in [0.29, 0.717) is 10.6 Å². The Bertz CT molecular complexity index is 404. The van der Waals surface area contributed by atoms with Gasteiger partial charge in [0.1, 0.15) is 6.61 Å². The topological polar surface area (TPSA) is 49.3 Å². The number of rotatable bonds is 5. The summed E-state index contributed by atoms with van der Waals surface area (Å²) in [4.78, 5) is 11.4. The van der Waals surface area contributed by atoms with Gasteiger partial charge in [-0.3, -0.25) is 4.79 Å². The van der Waals surface area contributed by atoms with Crippen molar-refractivity contribution >= 4 is 35.0 Å². The van der Waals surface area contributed by atoms with Crippen LogP contribution in [0.1, 0.15) is 0 Å². The summed E-state index contributed by atoms with van der Waals surface area (Å²) in [5, 5.41) is 11.3. The molecule has 0 aliphatic rings. The van der Waals surface area contributed by atoms with Crippen LogP contribution in [0.2, 0.25) is 5.02 Å². The average Bonchev–Trinajstić information content (AvgIpc) is 2.27. The van der Waals surface area contributed by atoms with Crippen molar-refractivity contribution in [3.8, 4) is 0 Å². The molecule has 1 aromatic carbocycles. The van der Waals surface area contributed by atoms with Gasteiger partial charge in [0.25, 0.3) is 0 Å². The number of thioether (sulfide) groups is 1. The summed E-state index contributed by atoms with van der Waals surface area (Å²) in [5.41, 5.74) is 0.321. The highest BCUT2D eigenvalue weighted by Crippen LogP contribution is 2.34. The van der Waals surface area contributed by atoms with Crippen LogP contribution in [0.15, 0.2) is 23.1 Å². The number of aliphatic hydroxyl groups is 1. The van der Waals surface area contributed by atoms with Crippen LogP contribution in [-0.2, 0) is 4.79 Å². The molecular weight excluding hydrogens is 272 g/mol. The number of carbonyl (C=O) groups excluding carboxylic acids is 1. The molecule has 0 saturated carbocycles. The Morgan fingerprint density at radius 3 is 2.82 bits per heavy atom. The third-order valence-corrected chi connectivity index (χ3v) is 3.31. The summed E-state index contributed by atoms with van der Waals surface area (Å²) in [5.74, 6) is -1.03. The number of carbonyl (C=O) groups is 1. The molecule has 94 valence electrons. The highest BCUT2D eigenvalue weighted by molar-refractivity contribution is 7.99. The average molecular weight is 282 g/mol. The zero-order chi connectivity index (χ0) is 12.8. The van der Waals surface area contributed by atoms with Gasteiger partial charge in [-0.25, -0.2) is 8.78 Å². The second-order valence-electron chi connectivity index (χ2n) is 3.02. The number of alkyl halides is 2. The van der Waals surface area contributed by atoms with Crippen LogP contribution < -0.4 is 5.32 Å². The van der Waals surface area contributed by atoms with Gasteiger partial charge in [0, 0.05) is 4.90 Å². The number of hydrogen-bond acceptors (Lipinski definition) is 3. The molecule has 0 aromatic heterocycles. The summed E-state index contributed by atoms with van der Waals surface area (Å²) in [7, 11) is 0. The van der Waals surface area contributed by atoms with E-state index >= 15 is 0 Å². The minimum atomic E-state index is -2.46. The van der Waals surface area contributed by atoms with E-state index in [1.807, 2.05) is 0 Å². The zero-order valence-electron chi connectivity index (χ0n) is 8.62. The normalized spacial score (nSPS) is 10.6. The van der Waals surface area contributed by atoms with E-state index in [1.165, 1.54) is 6.07 Å². The summed E-state index contributed by atoms with van der Waals surface area (Å²) in [6.07, 6.45) is -2.46. The van der Waals surface area contributed by atoms with Crippen LogP contribution in [0, 0.1) is 0 Å². The first-order chi connectivity index (χ1) is 8.04. The molecule has 1 rings (SSSR count). The van der Waals surface area contributed by atoms with Crippen molar-refractivity contribution in [3.05, 3.63) is 23.2 Å². The van der Waals surface area contributed by atoms with Crippen molar-refractivity contribution in [3.63, 3.8) is 0 Å². The number of hydrogen-bond donors (Lipinski definition) is 2. The molecule has 0 bridgehead atoms. The summed E-state index contributed by atoms with van der Waals surface area (Å²) in [6.45, 7) is -0.675. The van der Waals surface area contributed by atoms with Crippen LogP contribution in [0.3, 0.4) is 0 Å². The van der Waals surface area contributed by atoms with Crippen LogP contribution >= 0.6 is 23.4 Å². The Hall–Kier alpha value is -0.850. The van der Waals surface area contributed by atoms with Gasteiger partial charge in [0.05, 0.1) is 16.5 Å². The largest absolute Gasteiger partial charge is 0.387 e. The van der Waals surface area contributed by atoms with Crippen molar-refractivity contribution in [1.29, 1.82) is 0 Å². The lowest BCUT2D eigenvalue weighted by Crippen LogP contribution is -2.16. The lowest BCUT2D eigenvalue weighted by atomic mass is 10.3. The van der Waals surface area contributed by atoms with E-state index in [2.05, 4.69) is 5.32 Å². The molecule has 0 saturated heterocycles. The van der Waals surface area contributed by atoms with Crippen molar-refractivity contribution in [1.82, 2.24) is 0 Å². The predicted octanol–water partition coefficient (Wildman–Crippen LogP) is 2.63. The van der Waals surface area contributed by atoms with E-state index in [-0.39, 0.29) is 5.02 Å². The van der Waals surface area contributed by atoms with Gasteiger partial charge >= 0.3 is 0 Å². The standard InChI is InChI=1S/C10H10ClF2NO2S/c11-6-2-1-3-7(14-9(16)4-15)10(6)17-5-8(12)13/h1-3,8,15H,4-5H2,(H,14,16). The molecule has 3 nitrogen and oxygen atoms in total. The fourth-order valence-corrected chi connectivity index (χ4v) is 2.20. The second-order valence-corrected chi connectivity index (χ2v) is 4.46. The first-order valence-electron chi connectivity index (χ1n) is 4.64. The van der Waals surface area contributed by atoms with E-state index < -0.39 is 24.7 Å². The number of aliphatic hydroxyl groups excluding tert-OH is 1. The zero-order valence-corrected chi connectivity index (χ0v) is 10.2. The monoisotopic (exact) mass is 281 g/mol. The van der Waals surface area contributed by atoms with Crippen LogP contribution in [-0.4, -0.2) is 29.8 Å². The second kappa shape index (κ2) is 6.78. The Morgan fingerprint density at radius 1 is 1.53 bits per heavy atom. The number of benzene rings is 1. The maximum Gasteiger partial charge on any atom is 0.250 e. The third-order valence-electron chi connectivity index (χ3n) is 1.74. The highest BCUT2D eigenvalue weighted by Gasteiger charge is 2.12. The molecule has 0 unspecified atom stereocenters. The summed E-state index contributed by atoms with van der Waals surface area (Å²) in [6, 6.07) is 4.67.